The first-order chi connectivity index (χ1) is 8.19. The van der Waals surface area contributed by atoms with Crippen LogP contribution in [0.5, 0.6) is 17.2 Å². The lowest BCUT2D eigenvalue weighted by atomic mass is 10.3. The van der Waals surface area contributed by atoms with Crippen molar-refractivity contribution in [3.05, 3.63) is 40.8 Å². The molecule has 0 amide bonds. The summed E-state index contributed by atoms with van der Waals surface area (Å²) in [6, 6.07) is 6.84. The number of aromatic nitrogens is 2. The molecule has 1 aromatic carbocycles. The summed E-state index contributed by atoms with van der Waals surface area (Å²) in [7, 11) is 1.57. The van der Waals surface area contributed by atoms with Crippen molar-refractivity contribution >= 4 is 5.95 Å². The molecule has 0 saturated heterocycles. The molecule has 17 heavy (non-hydrogen) atoms. The summed E-state index contributed by atoms with van der Waals surface area (Å²) in [6.07, 6.45) is 1.28. The number of benzene rings is 1. The van der Waals surface area contributed by atoms with Gasteiger partial charge < -0.3 is 15.2 Å². The van der Waals surface area contributed by atoms with Gasteiger partial charge in [0.25, 0.3) is 5.56 Å². The van der Waals surface area contributed by atoms with E-state index in [-0.39, 0.29) is 11.7 Å². The van der Waals surface area contributed by atoms with E-state index in [0.717, 1.165) is 0 Å². The van der Waals surface area contributed by atoms with Gasteiger partial charge in [-0.1, -0.05) is 0 Å². The number of hydrogen-bond acceptors (Lipinski definition) is 5. The molecule has 0 aliphatic carbocycles. The molecule has 0 aliphatic heterocycles. The lowest BCUT2D eigenvalue weighted by Crippen LogP contribution is -2.12. The summed E-state index contributed by atoms with van der Waals surface area (Å²) < 4.78 is 10.4. The van der Waals surface area contributed by atoms with Gasteiger partial charge in [-0.05, 0) is 24.3 Å². The Labute approximate surface area is 97.0 Å². The number of hydrogen-bond donors (Lipinski definition) is 2. The molecule has 0 atom stereocenters. The second-order valence-electron chi connectivity index (χ2n) is 3.24. The molecule has 6 heteroatoms. The number of aromatic amines is 1. The normalized spacial score (nSPS) is 9.94. The van der Waals surface area contributed by atoms with Crippen LogP contribution in [0.15, 0.2) is 35.3 Å². The quantitative estimate of drug-likeness (QED) is 0.830. The van der Waals surface area contributed by atoms with E-state index < -0.39 is 5.56 Å². The first kappa shape index (κ1) is 11.0. The van der Waals surface area contributed by atoms with Gasteiger partial charge in [0, 0.05) is 0 Å². The third kappa shape index (κ3) is 2.54. The minimum atomic E-state index is -0.423. The van der Waals surface area contributed by atoms with Crippen molar-refractivity contribution in [2.24, 2.45) is 0 Å². The Morgan fingerprint density at radius 1 is 1.24 bits per heavy atom. The monoisotopic (exact) mass is 233 g/mol. The van der Waals surface area contributed by atoms with Crippen LogP contribution >= 0.6 is 0 Å². The van der Waals surface area contributed by atoms with Crippen molar-refractivity contribution in [2.45, 2.75) is 0 Å². The van der Waals surface area contributed by atoms with E-state index in [2.05, 4.69) is 9.97 Å². The molecule has 2 rings (SSSR count). The molecule has 2 aromatic rings. The smallest absolute Gasteiger partial charge is 0.295 e. The first-order valence-electron chi connectivity index (χ1n) is 4.86. The number of H-pyrrole nitrogens is 1. The Hall–Kier alpha value is -2.50. The van der Waals surface area contributed by atoms with E-state index in [4.69, 9.17) is 15.2 Å². The maximum absolute atomic E-state index is 11.4. The second-order valence-corrected chi connectivity index (χ2v) is 3.24. The summed E-state index contributed by atoms with van der Waals surface area (Å²) in [5, 5.41) is 0. The molecule has 0 unspecified atom stereocenters. The largest absolute Gasteiger partial charge is 0.497 e. The highest BCUT2D eigenvalue weighted by molar-refractivity contribution is 5.34. The van der Waals surface area contributed by atoms with E-state index >= 15 is 0 Å². The molecule has 0 aliphatic rings. The predicted molar refractivity (Wildman–Crippen MR) is 62.3 cm³/mol. The number of anilines is 1. The lowest BCUT2D eigenvalue weighted by Gasteiger charge is -2.05. The number of nitrogens with two attached hydrogens (primary N) is 1. The van der Waals surface area contributed by atoms with Gasteiger partial charge in [0.1, 0.15) is 11.5 Å². The minimum Gasteiger partial charge on any atom is -0.497 e. The third-order valence-corrected chi connectivity index (χ3v) is 2.07. The summed E-state index contributed by atoms with van der Waals surface area (Å²) in [4.78, 5) is 17.5. The highest BCUT2D eigenvalue weighted by atomic mass is 16.5. The van der Waals surface area contributed by atoms with Crippen molar-refractivity contribution in [3.63, 3.8) is 0 Å². The van der Waals surface area contributed by atoms with Gasteiger partial charge >= 0.3 is 0 Å². The third-order valence-electron chi connectivity index (χ3n) is 2.07. The molecule has 6 nitrogen and oxygen atoms in total. The fourth-order valence-electron chi connectivity index (χ4n) is 1.24. The molecule has 0 bridgehead atoms. The zero-order valence-corrected chi connectivity index (χ0v) is 9.14. The van der Waals surface area contributed by atoms with Crippen molar-refractivity contribution in [1.29, 1.82) is 0 Å². The van der Waals surface area contributed by atoms with E-state index in [1.807, 2.05) is 0 Å². The van der Waals surface area contributed by atoms with Crippen molar-refractivity contribution in [3.8, 4) is 17.2 Å². The highest BCUT2D eigenvalue weighted by Crippen LogP contribution is 2.20. The Balaban J connectivity index is 2.22. The lowest BCUT2D eigenvalue weighted by molar-refractivity contribution is 0.412. The molecule has 1 aromatic heterocycles. The van der Waals surface area contributed by atoms with Crippen molar-refractivity contribution < 1.29 is 9.47 Å². The van der Waals surface area contributed by atoms with E-state index in [1.54, 1.807) is 31.4 Å². The van der Waals surface area contributed by atoms with Crippen LogP contribution in [-0.4, -0.2) is 17.1 Å². The Bertz CT molecular complexity index is 563. The Kier molecular flexibility index (Phi) is 2.95. The van der Waals surface area contributed by atoms with Crippen LogP contribution in [0.2, 0.25) is 0 Å². The molecular formula is C11H11N3O3. The molecule has 0 saturated carbocycles. The fraction of sp³-hybridized carbons (Fsp3) is 0.0909. The average Bonchev–Trinajstić information content (AvgIpc) is 2.34. The van der Waals surface area contributed by atoms with Gasteiger partial charge in [0.15, 0.2) is 5.95 Å². The number of nitrogens with one attached hydrogen (secondary N) is 1. The molecule has 0 spiro atoms. The SMILES string of the molecule is COc1ccc(Oc2cnc(N)[nH]c2=O)cc1. The number of nitrogens with zero attached hydrogens (tertiary/aromatic N) is 1. The van der Waals surface area contributed by atoms with Gasteiger partial charge in [-0.15, -0.1) is 0 Å². The summed E-state index contributed by atoms with van der Waals surface area (Å²) in [5.41, 5.74) is 4.90. The first-order valence-corrected chi connectivity index (χ1v) is 4.86. The highest BCUT2D eigenvalue weighted by Gasteiger charge is 2.03. The number of ether oxygens (including phenoxy) is 2. The van der Waals surface area contributed by atoms with Gasteiger partial charge in [0.2, 0.25) is 5.75 Å². The van der Waals surface area contributed by atoms with Gasteiger partial charge in [-0.25, -0.2) is 4.98 Å². The Morgan fingerprint density at radius 2 is 1.88 bits per heavy atom. The molecule has 0 radical (unpaired) electrons. The fourth-order valence-corrected chi connectivity index (χ4v) is 1.24. The van der Waals surface area contributed by atoms with Crippen LogP contribution in [0.3, 0.4) is 0 Å². The van der Waals surface area contributed by atoms with Crippen LogP contribution in [0.25, 0.3) is 0 Å². The Morgan fingerprint density at radius 3 is 2.47 bits per heavy atom. The van der Waals surface area contributed by atoms with E-state index in [9.17, 15) is 4.79 Å². The number of nitrogen functional groups attached to an aromatic ring is 1. The maximum atomic E-state index is 11.4. The van der Waals surface area contributed by atoms with Crippen molar-refractivity contribution in [2.75, 3.05) is 12.8 Å². The van der Waals surface area contributed by atoms with Gasteiger partial charge in [0.05, 0.1) is 13.3 Å². The van der Waals surface area contributed by atoms with E-state index in [1.165, 1.54) is 6.20 Å². The molecule has 0 fully saturated rings. The van der Waals surface area contributed by atoms with Crippen LogP contribution in [0.1, 0.15) is 0 Å². The zero-order valence-electron chi connectivity index (χ0n) is 9.14. The standard InChI is InChI=1S/C11H11N3O3/c1-16-7-2-4-8(5-3-7)17-9-6-13-11(12)14-10(9)15/h2-6H,1H3,(H3,12,13,14,15). The zero-order chi connectivity index (χ0) is 12.3. The van der Waals surface area contributed by atoms with Gasteiger partial charge in [-0.3, -0.25) is 9.78 Å². The maximum Gasteiger partial charge on any atom is 0.295 e. The summed E-state index contributed by atoms with van der Waals surface area (Å²) in [5.74, 6) is 1.37. The molecule has 3 N–H and O–H groups in total. The minimum absolute atomic E-state index is 0.0529. The predicted octanol–water partition coefficient (Wildman–Crippen LogP) is 1.15. The number of methoxy groups -OCH3 is 1. The summed E-state index contributed by atoms with van der Waals surface area (Å²) >= 11 is 0. The van der Waals surface area contributed by atoms with Crippen molar-refractivity contribution in [1.82, 2.24) is 9.97 Å². The van der Waals surface area contributed by atoms with Gasteiger partial charge in [-0.2, -0.15) is 0 Å². The van der Waals surface area contributed by atoms with Crippen LogP contribution in [-0.2, 0) is 0 Å². The molecule has 88 valence electrons. The summed E-state index contributed by atoms with van der Waals surface area (Å²) in [6.45, 7) is 0. The van der Waals surface area contributed by atoms with Crippen LogP contribution in [0, 0.1) is 0 Å². The average molecular weight is 233 g/mol. The molecular weight excluding hydrogens is 222 g/mol. The topological polar surface area (TPSA) is 90.2 Å². The van der Waals surface area contributed by atoms with Crippen LogP contribution < -0.4 is 20.8 Å². The second kappa shape index (κ2) is 4.56. The van der Waals surface area contributed by atoms with E-state index in [0.29, 0.717) is 11.5 Å². The van der Waals surface area contributed by atoms with Crippen LogP contribution in [0.4, 0.5) is 5.95 Å². The number of rotatable bonds is 3. The molecule has 1 heterocycles.